The fourth-order valence-electron chi connectivity index (χ4n) is 2.57. The van der Waals surface area contributed by atoms with Crippen molar-refractivity contribution in [3.63, 3.8) is 0 Å². The molecule has 2 aromatic rings. The minimum atomic E-state index is 0.114. The van der Waals surface area contributed by atoms with Crippen LogP contribution in [0.1, 0.15) is 19.4 Å². The number of hydrogen-bond acceptors (Lipinski definition) is 5. The van der Waals surface area contributed by atoms with Crippen molar-refractivity contribution in [1.29, 1.82) is 0 Å². The first kappa shape index (κ1) is 20.6. The first-order valence-corrected chi connectivity index (χ1v) is 8.98. The molecule has 0 aliphatic carbocycles. The van der Waals surface area contributed by atoms with Crippen molar-refractivity contribution in [2.24, 2.45) is 0 Å². The summed E-state index contributed by atoms with van der Waals surface area (Å²) >= 11 is 5.40. The van der Waals surface area contributed by atoms with E-state index in [1.807, 2.05) is 50.2 Å². The smallest absolute Gasteiger partial charge is 0.203 e. The van der Waals surface area contributed by atoms with E-state index >= 15 is 0 Å². The van der Waals surface area contributed by atoms with Crippen LogP contribution in [0.25, 0.3) is 0 Å². The lowest BCUT2D eigenvalue weighted by atomic mass is 10.1. The Bertz CT molecular complexity index is 781. The van der Waals surface area contributed by atoms with Gasteiger partial charge in [0.1, 0.15) is 5.75 Å². The maximum atomic E-state index is 5.70. The van der Waals surface area contributed by atoms with Gasteiger partial charge in [-0.1, -0.05) is 6.07 Å². The SMILES string of the molecule is COc1ccc(CNC(=S)Nc2cccc(OC(C)C)c2)c(OC)c1OC. The number of rotatable bonds is 8. The van der Waals surface area contributed by atoms with Crippen LogP contribution in [0.4, 0.5) is 5.69 Å². The number of nitrogens with one attached hydrogen (secondary N) is 2. The summed E-state index contributed by atoms with van der Waals surface area (Å²) in [5.41, 5.74) is 1.75. The summed E-state index contributed by atoms with van der Waals surface area (Å²) in [5.74, 6) is 2.57. The van der Waals surface area contributed by atoms with Gasteiger partial charge in [0, 0.05) is 23.9 Å². The van der Waals surface area contributed by atoms with Crippen molar-refractivity contribution in [2.45, 2.75) is 26.5 Å². The van der Waals surface area contributed by atoms with Gasteiger partial charge in [-0.2, -0.15) is 0 Å². The standard InChI is InChI=1S/C20H26N2O4S/c1-13(2)26-16-8-6-7-15(11-16)22-20(27)21-12-14-9-10-17(23-3)19(25-5)18(14)24-4/h6-11,13H,12H2,1-5H3,(H2,21,22,27). The van der Waals surface area contributed by atoms with Crippen molar-refractivity contribution in [3.05, 3.63) is 42.0 Å². The molecule has 0 heterocycles. The summed E-state index contributed by atoms with van der Waals surface area (Å²) in [6, 6.07) is 11.4. The molecule has 27 heavy (non-hydrogen) atoms. The molecule has 146 valence electrons. The Hall–Kier alpha value is -2.67. The lowest BCUT2D eigenvalue weighted by Gasteiger charge is -2.17. The van der Waals surface area contributed by atoms with Crippen molar-refractivity contribution < 1.29 is 18.9 Å². The summed E-state index contributed by atoms with van der Waals surface area (Å²) < 4.78 is 21.9. The number of benzene rings is 2. The molecule has 0 radical (unpaired) electrons. The zero-order valence-corrected chi connectivity index (χ0v) is 17.1. The van der Waals surface area contributed by atoms with E-state index in [-0.39, 0.29) is 6.10 Å². The van der Waals surface area contributed by atoms with E-state index in [2.05, 4.69) is 10.6 Å². The lowest BCUT2D eigenvalue weighted by Crippen LogP contribution is -2.28. The third-order valence-corrected chi connectivity index (χ3v) is 3.94. The molecule has 0 bridgehead atoms. The summed E-state index contributed by atoms with van der Waals surface area (Å²) in [6.45, 7) is 4.45. The highest BCUT2D eigenvalue weighted by molar-refractivity contribution is 7.80. The normalized spacial score (nSPS) is 10.3. The van der Waals surface area contributed by atoms with Crippen molar-refractivity contribution in [2.75, 3.05) is 26.6 Å². The van der Waals surface area contributed by atoms with E-state index in [4.69, 9.17) is 31.2 Å². The van der Waals surface area contributed by atoms with Gasteiger partial charge in [0.25, 0.3) is 0 Å². The summed E-state index contributed by atoms with van der Waals surface area (Å²) in [6.07, 6.45) is 0.114. The number of thiocarbonyl (C=S) groups is 1. The maximum absolute atomic E-state index is 5.70. The minimum absolute atomic E-state index is 0.114. The first-order chi connectivity index (χ1) is 13.0. The fraction of sp³-hybridized carbons (Fsp3) is 0.350. The maximum Gasteiger partial charge on any atom is 0.203 e. The molecule has 0 aromatic heterocycles. The van der Waals surface area contributed by atoms with Crippen LogP contribution in [0.2, 0.25) is 0 Å². The molecular formula is C20H26N2O4S. The van der Waals surface area contributed by atoms with Gasteiger partial charge in [0.2, 0.25) is 5.75 Å². The topological polar surface area (TPSA) is 61.0 Å². The Morgan fingerprint density at radius 2 is 1.74 bits per heavy atom. The van der Waals surface area contributed by atoms with Crippen LogP contribution < -0.4 is 29.6 Å². The van der Waals surface area contributed by atoms with Crippen LogP contribution in [0, 0.1) is 0 Å². The average molecular weight is 391 g/mol. The number of anilines is 1. The number of ether oxygens (including phenoxy) is 4. The van der Waals surface area contributed by atoms with E-state index in [9.17, 15) is 0 Å². The van der Waals surface area contributed by atoms with Gasteiger partial charge in [-0.15, -0.1) is 0 Å². The van der Waals surface area contributed by atoms with Gasteiger partial charge in [0.15, 0.2) is 16.6 Å². The Kier molecular flexibility index (Phi) is 7.55. The van der Waals surface area contributed by atoms with Crippen LogP contribution in [0.5, 0.6) is 23.0 Å². The van der Waals surface area contributed by atoms with Crippen molar-refractivity contribution in [3.8, 4) is 23.0 Å². The number of hydrogen-bond donors (Lipinski definition) is 2. The van der Waals surface area contributed by atoms with Crippen LogP contribution in [-0.4, -0.2) is 32.5 Å². The molecular weight excluding hydrogens is 364 g/mol. The monoisotopic (exact) mass is 390 g/mol. The van der Waals surface area contributed by atoms with Crippen LogP contribution in [0.15, 0.2) is 36.4 Å². The minimum Gasteiger partial charge on any atom is -0.493 e. The van der Waals surface area contributed by atoms with Gasteiger partial charge in [-0.3, -0.25) is 0 Å². The molecule has 2 aromatic carbocycles. The Morgan fingerprint density at radius 3 is 2.37 bits per heavy atom. The quantitative estimate of drug-likeness (QED) is 0.661. The second-order valence-corrected chi connectivity index (χ2v) is 6.40. The predicted octanol–water partition coefficient (Wildman–Crippen LogP) is 3.99. The second kappa shape index (κ2) is 9.87. The van der Waals surface area contributed by atoms with Crippen LogP contribution >= 0.6 is 12.2 Å². The second-order valence-electron chi connectivity index (χ2n) is 6.00. The molecule has 0 fully saturated rings. The summed E-state index contributed by atoms with van der Waals surface area (Å²) in [5, 5.41) is 6.83. The molecule has 0 saturated heterocycles. The van der Waals surface area contributed by atoms with Gasteiger partial charge >= 0.3 is 0 Å². The molecule has 0 saturated carbocycles. The molecule has 0 aliphatic heterocycles. The van der Waals surface area contributed by atoms with Crippen molar-refractivity contribution in [1.82, 2.24) is 5.32 Å². The molecule has 0 unspecified atom stereocenters. The third-order valence-electron chi connectivity index (χ3n) is 3.69. The zero-order chi connectivity index (χ0) is 19.8. The van der Waals surface area contributed by atoms with E-state index in [0.717, 1.165) is 17.0 Å². The largest absolute Gasteiger partial charge is 0.493 e. The molecule has 0 amide bonds. The molecule has 0 spiro atoms. The molecule has 0 aliphatic rings. The predicted molar refractivity (Wildman–Crippen MR) is 111 cm³/mol. The zero-order valence-electron chi connectivity index (χ0n) is 16.3. The van der Waals surface area contributed by atoms with Gasteiger partial charge in [-0.25, -0.2) is 0 Å². The highest BCUT2D eigenvalue weighted by atomic mass is 32.1. The van der Waals surface area contributed by atoms with Crippen molar-refractivity contribution >= 4 is 23.0 Å². The van der Waals surface area contributed by atoms with Crippen LogP contribution in [0.3, 0.4) is 0 Å². The Labute approximate surface area is 165 Å². The van der Waals surface area contributed by atoms with E-state index in [1.165, 1.54) is 0 Å². The first-order valence-electron chi connectivity index (χ1n) is 8.57. The fourth-order valence-corrected chi connectivity index (χ4v) is 2.76. The van der Waals surface area contributed by atoms with E-state index in [1.54, 1.807) is 21.3 Å². The highest BCUT2D eigenvalue weighted by Crippen LogP contribution is 2.39. The molecule has 6 nitrogen and oxygen atoms in total. The van der Waals surface area contributed by atoms with Gasteiger partial charge < -0.3 is 29.6 Å². The lowest BCUT2D eigenvalue weighted by molar-refractivity contribution is 0.242. The number of methoxy groups -OCH3 is 3. The molecule has 2 N–H and O–H groups in total. The van der Waals surface area contributed by atoms with Gasteiger partial charge in [0.05, 0.1) is 27.4 Å². The van der Waals surface area contributed by atoms with Crippen LogP contribution in [-0.2, 0) is 6.54 Å². The highest BCUT2D eigenvalue weighted by Gasteiger charge is 2.15. The van der Waals surface area contributed by atoms with E-state index < -0.39 is 0 Å². The summed E-state index contributed by atoms with van der Waals surface area (Å²) in [4.78, 5) is 0. The summed E-state index contributed by atoms with van der Waals surface area (Å²) in [7, 11) is 4.76. The Balaban J connectivity index is 2.04. The van der Waals surface area contributed by atoms with Gasteiger partial charge in [-0.05, 0) is 50.3 Å². The molecule has 7 heteroatoms. The Morgan fingerprint density at radius 1 is 1.00 bits per heavy atom. The van der Waals surface area contributed by atoms with E-state index in [0.29, 0.717) is 28.9 Å². The third kappa shape index (κ3) is 5.65. The molecule has 2 rings (SSSR count). The average Bonchev–Trinajstić information content (AvgIpc) is 2.65. The molecule has 0 atom stereocenters.